The number of hydrogen-bond acceptors (Lipinski definition) is 5. The van der Waals surface area contributed by atoms with E-state index in [4.69, 9.17) is 4.74 Å². The van der Waals surface area contributed by atoms with Gasteiger partial charge < -0.3 is 9.64 Å². The summed E-state index contributed by atoms with van der Waals surface area (Å²) in [6.07, 6.45) is 2.80. The van der Waals surface area contributed by atoms with Gasteiger partial charge in [-0.05, 0) is 17.7 Å². The van der Waals surface area contributed by atoms with E-state index in [1.54, 1.807) is 35.5 Å². The van der Waals surface area contributed by atoms with Crippen LogP contribution in [0.5, 0.6) is 0 Å². The number of pyridine rings is 1. The molecule has 0 saturated carbocycles. The number of ether oxygens (including phenoxy) is 1. The van der Waals surface area contributed by atoms with E-state index in [9.17, 15) is 13.2 Å². The summed E-state index contributed by atoms with van der Waals surface area (Å²) in [5.74, 6) is 0. The van der Waals surface area contributed by atoms with Crippen LogP contribution in [-0.4, -0.2) is 54.9 Å². The van der Waals surface area contributed by atoms with Gasteiger partial charge in [0.05, 0.1) is 4.90 Å². The van der Waals surface area contributed by atoms with Crippen LogP contribution in [0.2, 0.25) is 0 Å². The van der Waals surface area contributed by atoms with Crippen molar-refractivity contribution in [3.8, 4) is 0 Å². The van der Waals surface area contributed by atoms with Crippen molar-refractivity contribution in [3.05, 3.63) is 72.6 Å². The van der Waals surface area contributed by atoms with Crippen molar-refractivity contribution in [3.63, 3.8) is 0 Å². The van der Waals surface area contributed by atoms with E-state index in [0.717, 1.165) is 10.9 Å². The Balaban J connectivity index is 1.41. The van der Waals surface area contributed by atoms with Crippen LogP contribution >= 0.6 is 0 Å². The molecule has 1 fully saturated rings. The molecule has 29 heavy (non-hydrogen) atoms. The number of amides is 1. The summed E-state index contributed by atoms with van der Waals surface area (Å²) in [5, 5.41) is 1.42. The quantitative estimate of drug-likeness (QED) is 0.660. The molecule has 4 rings (SSSR count). The average molecular weight is 411 g/mol. The zero-order valence-electron chi connectivity index (χ0n) is 15.8. The molecule has 0 unspecified atom stereocenters. The minimum absolute atomic E-state index is 0.197. The van der Waals surface area contributed by atoms with Crippen LogP contribution in [-0.2, 0) is 21.4 Å². The molecule has 1 aliphatic heterocycles. The molecule has 7 nitrogen and oxygen atoms in total. The van der Waals surface area contributed by atoms with Crippen molar-refractivity contribution in [2.24, 2.45) is 0 Å². The Bertz CT molecular complexity index is 1110. The first-order valence-electron chi connectivity index (χ1n) is 9.34. The van der Waals surface area contributed by atoms with Gasteiger partial charge in [0.2, 0.25) is 10.0 Å². The lowest BCUT2D eigenvalue weighted by atomic mass is 10.2. The Hall–Kier alpha value is -2.97. The van der Waals surface area contributed by atoms with Gasteiger partial charge >= 0.3 is 6.09 Å². The number of carbonyl (C=O) groups is 1. The molecular weight excluding hydrogens is 390 g/mol. The van der Waals surface area contributed by atoms with Crippen LogP contribution in [0, 0.1) is 0 Å². The van der Waals surface area contributed by atoms with Crippen LogP contribution in [0.4, 0.5) is 4.79 Å². The van der Waals surface area contributed by atoms with Gasteiger partial charge in [-0.25, -0.2) is 13.2 Å². The van der Waals surface area contributed by atoms with E-state index < -0.39 is 16.1 Å². The molecule has 2 aromatic carbocycles. The summed E-state index contributed by atoms with van der Waals surface area (Å²) in [6.45, 7) is 1.23. The highest BCUT2D eigenvalue weighted by Gasteiger charge is 2.31. The van der Waals surface area contributed by atoms with Crippen molar-refractivity contribution >= 4 is 26.9 Å². The summed E-state index contributed by atoms with van der Waals surface area (Å²) < 4.78 is 33.1. The largest absolute Gasteiger partial charge is 0.445 e. The van der Waals surface area contributed by atoms with Crippen molar-refractivity contribution in [2.75, 3.05) is 26.2 Å². The number of rotatable bonds is 4. The van der Waals surface area contributed by atoms with E-state index in [0.29, 0.717) is 18.5 Å². The van der Waals surface area contributed by atoms with Crippen LogP contribution in [0.15, 0.2) is 71.9 Å². The lowest BCUT2D eigenvalue weighted by Gasteiger charge is -2.33. The summed E-state index contributed by atoms with van der Waals surface area (Å²) in [5.41, 5.74) is 0.910. The molecule has 0 aliphatic carbocycles. The SMILES string of the molecule is O=C(OCc1ccccc1)N1CCN(S(=O)(=O)c2cccc3cnccc23)CC1. The Morgan fingerprint density at radius 1 is 0.966 bits per heavy atom. The highest BCUT2D eigenvalue weighted by Crippen LogP contribution is 2.26. The summed E-state index contributed by atoms with van der Waals surface area (Å²) >= 11 is 0. The molecule has 1 amide bonds. The van der Waals surface area contributed by atoms with Gasteiger partial charge in [-0.1, -0.05) is 42.5 Å². The number of carbonyl (C=O) groups excluding carboxylic acids is 1. The molecule has 8 heteroatoms. The van der Waals surface area contributed by atoms with Gasteiger partial charge in [-0.3, -0.25) is 4.98 Å². The fraction of sp³-hybridized carbons (Fsp3) is 0.238. The van der Waals surface area contributed by atoms with Crippen LogP contribution in [0.1, 0.15) is 5.56 Å². The Morgan fingerprint density at radius 3 is 2.48 bits per heavy atom. The zero-order valence-corrected chi connectivity index (χ0v) is 16.6. The van der Waals surface area contributed by atoms with Crippen molar-refractivity contribution in [1.82, 2.24) is 14.2 Å². The van der Waals surface area contributed by atoms with Crippen LogP contribution in [0.3, 0.4) is 0 Å². The minimum atomic E-state index is -3.67. The Kier molecular flexibility index (Phi) is 5.46. The van der Waals surface area contributed by atoms with E-state index >= 15 is 0 Å². The lowest BCUT2D eigenvalue weighted by Crippen LogP contribution is -2.50. The zero-order chi connectivity index (χ0) is 20.3. The molecule has 0 bridgehead atoms. The maximum Gasteiger partial charge on any atom is 0.410 e. The third kappa shape index (κ3) is 4.08. The number of aromatic nitrogens is 1. The summed E-state index contributed by atoms with van der Waals surface area (Å²) in [7, 11) is -3.67. The topological polar surface area (TPSA) is 79.8 Å². The van der Waals surface area contributed by atoms with Crippen molar-refractivity contribution in [1.29, 1.82) is 0 Å². The number of nitrogens with zero attached hydrogens (tertiary/aromatic N) is 3. The van der Waals surface area contributed by atoms with Crippen molar-refractivity contribution in [2.45, 2.75) is 11.5 Å². The van der Waals surface area contributed by atoms with Gasteiger partial charge in [-0.15, -0.1) is 0 Å². The van der Waals surface area contributed by atoms with Gasteiger partial charge in [0.25, 0.3) is 0 Å². The molecule has 0 spiro atoms. The maximum atomic E-state index is 13.2. The van der Waals surface area contributed by atoms with Gasteiger partial charge in [0.1, 0.15) is 6.61 Å². The first-order chi connectivity index (χ1) is 14.1. The first kappa shape index (κ1) is 19.4. The second-order valence-electron chi connectivity index (χ2n) is 6.78. The lowest BCUT2D eigenvalue weighted by molar-refractivity contribution is 0.0838. The van der Waals surface area contributed by atoms with Crippen LogP contribution in [0.25, 0.3) is 10.8 Å². The van der Waals surface area contributed by atoms with E-state index in [-0.39, 0.29) is 24.6 Å². The van der Waals surface area contributed by atoms with Gasteiger partial charge in [0.15, 0.2) is 0 Å². The third-order valence-electron chi connectivity index (χ3n) is 4.96. The second-order valence-corrected chi connectivity index (χ2v) is 8.69. The van der Waals surface area contributed by atoms with E-state index in [2.05, 4.69) is 4.98 Å². The van der Waals surface area contributed by atoms with Gasteiger partial charge in [-0.2, -0.15) is 4.31 Å². The molecule has 1 aliphatic rings. The Morgan fingerprint density at radius 2 is 1.72 bits per heavy atom. The molecule has 1 saturated heterocycles. The number of piperazine rings is 1. The maximum absolute atomic E-state index is 13.2. The van der Waals surface area contributed by atoms with E-state index in [1.807, 2.05) is 36.4 Å². The normalized spacial score (nSPS) is 15.4. The molecule has 2 heterocycles. The monoisotopic (exact) mass is 411 g/mol. The molecule has 0 radical (unpaired) electrons. The van der Waals surface area contributed by atoms with E-state index in [1.165, 1.54) is 4.31 Å². The first-order valence-corrected chi connectivity index (χ1v) is 10.8. The summed E-state index contributed by atoms with van der Waals surface area (Å²) in [6, 6.07) is 16.3. The average Bonchev–Trinajstić information content (AvgIpc) is 2.78. The second kappa shape index (κ2) is 8.18. The fourth-order valence-electron chi connectivity index (χ4n) is 3.38. The predicted molar refractivity (Wildman–Crippen MR) is 109 cm³/mol. The highest BCUT2D eigenvalue weighted by molar-refractivity contribution is 7.89. The number of hydrogen-bond donors (Lipinski definition) is 0. The third-order valence-corrected chi connectivity index (χ3v) is 6.92. The van der Waals surface area contributed by atoms with Crippen molar-refractivity contribution < 1.29 is 17.9 Å². The molecule has 0 N–H and O–H groups in total. The van der Waals surface area contributed by atoms with Gasteiger partial charge in [0, 0.05) is 49.3 Å². The molecule has 150 valence electrons. The fourth-order valence-corrected chi connectivity index (χ4v) is 5.02. The standard InChI is InChI=1S/C21H21N3O4S/c25-21(28-16-17-5-2-1-3-6-17)23-11-13-24(14-12-23)29(26,27)20-8-4-7-18-15-22-10-9-19(18)20/h1-10,15H,11-14,16H2. The summed E-state index contributed by atoms with van der Waals surface area (Å²) in [4.78, 5) is 18.2. The smallest absolute Gasteiger partial charge is 0.410 e. The minimum Gasteiger partial charge on any atom is -0.445 e. The highest BCUT2D eigenvalue weighted by atomic mass is 32.2. The number of fused-ring (bicyclic) bond motifs is 1. The molecule has 3 aromatic rings. The van der Waals surface area contributed by atoms with Crippen LogP contribution < -0.4 is 0 Å². The molecule has 1 aromatic heterocycles. The number of benzene rings is 2. The molecule has 0 atom stereocenters. The molecular formula is C21H21N3O4S. The predicted octanol–water partition coefficient (Wildman–Crippen LogP) is 2.88. The number of sulfonamides is 1. The Labute approximate surface area is 169 Å².